The van der Waals surface area contributed by atoms with E-state index in [4.69, 9.17) is 0 Å². The van der Waals surface area contributed by atoms with Crippen LogP contribution in [0, 0.1) is 0 Å². The lowest BCUT2D eigenvalue weighted by atomic mass is 10.0. The summed E-state index contributed by atoms with van der Waals surface area (Å²) < 4.78 is 77.3. The smallest absolute Gasteiger partial charge is 0.416 e. The number of hydrogen-bond donors (Lipinski definition) is 1. The first kappa shape index (κ1) is 19.0. The Hall–Kier alpha value is -1.38. The average Bonchev–Trinajstić information content (AvgIpc) is 2.95. The molecule has 1 aliphatic carbocycles. The predicted octanol–water partition coefficient (Wildman–Crippen LogP) is 5.53. The molecule has 24 heavy (non-hydrogen) atoms. The zero-order valence-electron chi connectivity index (χ0n) is 12.2. The minimum atomic E-state index is -4.99. The molecule has 1 unspecified atom stereocenters. The van der Waals surface area contributed by atoms with Crippen LogP contribution in [0.5, 0.6) is 0 Å². The highest BCUT2D eigenvalue weighted by molar-refractivity contribution is 8.00. The highest BCUT2D eigenvalue weighted by atomic mass is 32.2. The van der Waals surface area contributed by atoms with Gasteiger partial charge < -0.3 is 5.11 Å². The summed E-state index contributed by atoms with van der Waals surface area (Å²) in [6, 6.07) is 0.995. The fourth-order valence-corrected chi connectivity index (χ4v) is 4.03. The SMILES string of the molecule is O=C(O)C(SC1CCCC1)c1cc(C(F)(F)F)cc(C(F)(F)F)c1. The van der Waals surface area contributed by atoms with Crippen molar-refractivity contribution in [3.8, 4) is 0 Å². The summed E-state index contributed by atoms with van der Waals surface area (Å²) in [6.07, 6.45) is -6.81. The van der Waals surface area contributed by atoms with Gasteiger partial charge in [0, 0.05) is 5.25 Å². The molecule has 1 aliphatic rings. The third-order valence-corrected chi connectivity index (χ3v) is 5.37. The van der Waals surface area contributed by atoms with Gasteiger partial charge in [-0.3, -0.25) is 4.79 Å². The van der Waals surface area contributed by atoms with Gasteiger partial charge in [-0.15, -0.1) is 11.8 Å². The molecule has 1 aromatic rings. The molecule has 0 bridgehead atoms. The van der Waals surface area contributed by atoms with E-state index in [1.807, 2.05) is 0 Å². The summed E-state index contributed by atoms with van der Waals surface area (Å²) in [6.45, 7) is 0. The van der Waals surface area contributed by atoms with Gasteiger partial charge in [0.2, 0.25) is 0 Å². The molecule has 134 valence electrons. The van der Waals surface area contributed by atoms with Gasteiger partial charge in [0.1, 0.15) is 5.25 Å². The Kier molecular flexibility index (Phi) is 5.41. The van der Waals surface area contributed by atoms with E-state index in [1.54, 1.807) is 0 Å². The number of halogens is 6. The van der Waals surface area contributed by atoms with Gasteiger partial charge in [0.05, 0.1) is 11.1 Å². The molecule has 9 heteroatoms. The first-order chi connectivity index (χ1) is 11.0. The molecule has 0 saturated heterocycles. The summed E-state index contributed by atoms with van der Waals surface area (Å²) in [5.41, 5.74) is -3.47. The van der Waals surface area contributed by atoms with Crippen molar-refractivity contribution in [1.82, 2.24) is 0 Å². The predicted molar refractivity (Wildman–Crippen MR) is 76.7 cm³/mol. The van der Waals surface area contributed by atoms with Crippen LogP contribution in [0.2, 0.25) is 0 Å². The van der Waals surface area contributed by atoms with Crippen molar-refractivity contribution in [2.45, 2.75) is 48.5 Å². The number of alkyl halides is 6. The van der Waals surface area contributed by atoms with Gasteiger partial charge in [-0.05, 0) is 36.6 Å². The molecule has 0 heterocycles. The molecule has 0 amide bonds. The van der Waals surface area contributed by atoms with Crippen molar-refractivity contribution in [3.05, 3.63) is 34.9 Å². The van der Waals surface area contributed by atoms with Crippen LogP contribution in [0.4, 0.5) is 26.3 Å². The molecular weight excluding hydrogens is 358 g/mol. The van der Waals surface area contributed by atoms with Crippen LogP contribution >= 0.6 is 11.8 Å². The van der Waals surface area contributed by atoms with Gasteiger partial charge >= 0.3 is 18.3 Å². The van der Waals surface area contributed by atoms with E-state index in [0.29, 0.717) is 25.0 Å². The third kappa shape index (κ3) is 4.58. The highest BCUT2D eigenvalue weighted by Crippen LogP contribution is 2.43. The second-order valence-electron chi connectivity index (χ2n) is 5.60. The maximum Gasteiger partial charge on any atom is 0.416 e. The highest BCUT2D eigenvalue weighted by Gasteiger charge is 2.38. The molecule has 2 nitrogen and oxygen atoms in total. The van der Waals surface area contributed by atoms with Crippen LogP contribution in [-0.2, 0) is 17.1 Å². The van der Waals surface area contributed by atoms with Gasteiger partial charge in [-0.2, -0.15) is 26.3 Å². The Balaban J connectivity index is 2.46. The number of thioether (sulfide) groups is 1. The zero-order valence-corrected chi connectivity index (χ0v) is 13.1. The number of aliphatic carboxylic acids is 1. The second-order valence-corrected chi connectivity index (χ2v) is 7.01. The van der Waals surface area contributed by atoms with E-state index in [1.165, 1.54) is 0 Å². The second kappa shape index (κ2) is 6.85. The molecule has 1 aromatic carbocycles. The lowest BCUT2D eigenvalue weighted by molar-refractivity contribution is -0.144. The normalized spacial score (nSPS) is 17.9. The van der Waals surface area contributed by atoms with Gasteiger partial charge in [0.25, 0.3) is 0 Å². The molecule has 0 aliphatic heterocycles. The molecular formula is C15H14F6O2S. The van der Waals surface area contributed by atoms with Gasteiger partial charge in [0.15, 0.2) is 0 Å². The maximum absolute atomic E-state index is 12.9. The maximum atomic E-state index is 12.9. The Bertz CT molecular complexity index is 573. The van der Waals surface area contributed by atoms with Crippen molar-refractivity contribution in [3.63, 3.8) is 0 Å². The molecule has 0 aromatic heterocycles. The van der Waals surface area contributed by atoms with E-state index in [9.17, 15) is 36.2 Å². The van der Waals surface area contributed by atoms with E-state index in [2.05, 4.69) is 0 Å². The molecule has 2 rings (SSSR count). The molecule has 1 atom stereocenters. The van der Waals surface area contributed by atoms with Gasteiger partial charge in [-0.25, -0.2) is 0 Å². The number of hydrogen-bond acceptors (Lipinski definition) is 2. The quantitative estimate of drug-likeness (QED) is 0.707. The van der Waals surface area contributed by atoms with Crippen LogP contribution in [-0.4, -0.2) is 16.3 Å². The number of carboxylic acid groups (broad SMARTS) is 1. The lowest BCUT2D eigenvalue weighted by Gasteiger charge is -2.20. The molecule has 1 saturated carbocycles. The van der Waals surface area contributed by atoms with E-state index < -0.39 is 40.3 Å². The number of benzene rings is 1. The first-order valence-electron chi connectivity index (χ1n) is 7.16. The van der Waals surface area contributed by atoms with Crippen molar-refractivity contribution in [1.29, 1.82) is 0 Å². The average molecular weight is 372 g/mol. The molecule has 1 fully saturated rings. The van der Waals surface area contributed by atoms with E-state index >= 15 is 0 Å². The summed E-state index contributed by atoms with van der Waals surface area (Å²) >= 11 is 0.918. The Morgan fingerprint density at radius 2 is 1.46 bits per heavy atom. The minimum absolute atomic E-state index is 0.00262. The summed E-state index contributed by atoms with van der Waals surface area (Å²) in [7, 11) is 0. The summed E-state index contributed by atoms with van der Waals surface area (Å²) in [4.78, 5) is 11.4. The van der Waals surface area contributed by atoms with Crippen molar-refractivity contribution < 1.29 is 36.2 Å². The van der Waals surface area contributed by atoms with Gasteiger partial charge in [-0.1, -0.05) is 12.8 Å². The fourth-order valence-electron chi connectivity index (χ4n) is 2.63. The Morgan fingerprint density at radius 1 is 1.00 bits per heavy atom. The summed E-state index contributed by atoms with van der Waals surface area (Å²) in [5.74, 6) is -1.45. The lowest BCUT2D eigenvalue weighted by Crippen LogP contribution is -2.16. The molecule has 0 spiro atoms. The third-order valence-electron chi connectivity index (χ3n) is 3.77. The monoisotopic (exact) mass is 372 g/mol. The van der Waals surface area contributed by atoms with Crippen LogP contribution in [0.3, 0.4) is 0 Å². The number of carboxylic acids is 1. The fraction of sp³-hybridized carbons (Fsp3) is 0.533. The van der Waals surface area contributed by atoms with Crippen molar-refractivity contribution in [2.75, 3.05) is 0 Å². The van der Waals surface area contributed by atoms with Crippen LogP contribution in [0.15, 0.2) is 18.2 Å². The van der Waals surface area contributed by atoms with Crippen LogP contribution in [0.1, 0.15) is 47.6 Å². The first-order valence-corrected chi connectivity index (χ1v) is 8.10. The van der Waals surface area contributed by atoms with Crippen LogP contribution in [0.25, 0.3) is 0 Å². The molecule has 1 N–H and O–H groups in total. The van der Waals surface area contributed by atoms with E-state index in [0.717, 1.165) is 24.6 Å². The van der Waals surface area contributed by atoms with Crippen molar-refractivity contribution in [2.24, 2.45) is 0 Å². The number of rotatable bonds is 4. The molecule has 0 radical (unpaired) electrons. The Labute approximate surface area is 138 Å². The topological polar surface area (TPSA) is 37.3 Å². The largest absolute Gasteiger partial charge is 0.480 e. The number of carbonyl (C=O) groups is 1. The minimum Gasteiger partial charge on any atom is -0.480 e. The summed E-state index contributed by atoms with van der Waals surface area (Å²) in [5, 5.41) is 7.76. The zero-order chi connectivity index (χ0) is 18.1. The Morgan fingerprint density at radius 3 is 1.83 bits per heavy atom. The standard InChI is InChI=1S/C15H14F6O2S/c16-14(17,18)9-5-8(6-10(7-9)15(19,20)21)12(13(22)23)24-11-3-1-2-4-11/h5-7,11-12H,1-4H2,(H,22,23). The van der Waals surface area contributed by atoms with E-state index in [-0.39, 0.29) is 11.3 Å². The van der Waals surface area contributed by atoms with Crippen molar-refractivity contribution >= 4 is 17.7 Å². The van der Waals surface area contributed by atoms with Crippen LogP contribution < -0.4 is 0 Å².